The Hall–Kier alpha value is -1.73. The predicted molar refractivity (Wildman–Crippen MR) is 57.2 cm³/mol. The quantitative estimate of drug-likeness (QED) is 0.480. The normalized spacial score (nSPS) is 9.40. The molecule has 1 aromatic carbocycles. The largest absolute Gasteiger partial charge is 0.495 e. The molecule has 0 bridgehead atoms. The summed E-state index contributed by atoms with van der Waals surface area (Å²) >= 11 is 5.42. The number of methoxy groups -OCH3 is 1. The van der Waals surface area contributed by atoms with E-state index in [9.17, 15) is 4.79 Å². The third-order valence-corrected chi connectivity index (χ3v) is 2.16. The number of rotatable bonds is 3. The van der Waals surface area contributed by atoms with Gasteiger partial charge in [-0.1, -0.05) is 0 Å². The highest BCUT2D eigenvalue weighted by Crippen LogP contribution is 2.25. The summed E-state index contributed by atoms with van der Waals surface area (Å²) in [7, 11) is 1.42. The molecule has 0 amide bonds. The number of hydrogen-bond acceptors (Lipinski definition) is 4. The molecule has 0 aromatic heterocycles. The molecule has 4 nitrogen and oxygen atoms in total. The van der Waals surface area contributed by atoms with Crippen LogP contribution in [-0.2, 0) is 0 Å². The zero-order valence-corrected chi connectivity index (χ0v) is 8.84. The maximum atomic E-state index is 11.4. The fraction of sp³-hybridized carbons (Fsp3) is 0.200. The lowest BCUT2D eigenvalue weighted by molar-refractivity contribution is 0.102. The van der Waals surface area contributed by atoms with Crippen LogP contribution in [0.2, 0.25) is 0 Å². The van der Waals surface area contributed by atoms with Gasteiger partial charge in [-0.15, -0.1) is 11.6 Å². The summed E-state index contributed by atoms with van der Waals surface area (Å²) in [4.78, 5) is 11.4. The number of nitrogens with two attached hydrogens (primary N) is 1. The first kappa shape index (κ1) is 11.3. The zero-order valence-electron chi connectivity index (χ0n) is 8.08. The molecule has 1 rings (SSSR count). The molecule has 2 N–H and O–H groups in total. The summed E-state index contributed by atoms with van der Waals surface area (Å²) in [6, 6.07) is 4.75. The van der Waals surface area contributed by atoms with Gasteiger partial charge in [0.05, 0.1) is 18.6 Å². The molecular weight excluding hydrogens is 216 g/mol. The summed E-state index contributed by atoms with van der Waals surface area (Å²) in [5, 5.41) is 8.76. The Kier molecular flexibility index (Phi) is 3.53. The molecule has 0 fully saturated rings. The van der Waals surface area contributed by atoms with E-state index in [1.807, 2.05) is 6.07 Å². The number of nitriles is 1. The Balaban J connectivity index is 3.33. The van der Waals surface area contributed by atoms with Crippen LogP contribution in [0.1, 0.15) is 15.9 Å². The van der Waals surface area contributed by atoms with Crippen LogP contribution in [-0.4, -0.2) is 18.8 Å². The molecule has 0 aliphatic rings. The van der Waals surface area contributed by atoms with Gasteiger partial charge in [0.2, 0.25) is 0 Å². The molecule has 0 spiro atoms. The van der Waals surface area contributed by atoms with Crippen molar-refractivity contribution in [2.24, 2.45) is 0 Å². The minimum Gasteiger partial charge on any atom is -0.495 e. The van der Waals surface area contributed by atoms with E-state index < -0.39 is 0 Å². The van der Waals surface area contributed by atoms with Crippen molar-refractivity contribution in [3.63, 3.8) is 0 Å². The highest BCUT2D eigenvalue weighted by Gasteiger charge is 2.13. The molecule has 0 saturated heterocycles. The average Bonchev–Trinajstić information content (AvgIpc) is 2.27. The van der Waals surface area contributed by atoms with Crippen LogP contribution in [0.25, 0.3) is 0 Å². The lowest BCUT2D eigenvalue weighted by Gasteiger charge is -2.07. The number of alkyl halides is 1. The SMILES string of the molecule is COc1cc(C(=O)CCl)c(N)cc1C#N. The van der Waals surface area contributed by atoms with Crippen LogP contribution in [0.5, 0.6) is 5.75 Å². The minimum atomic E-state index is -0.294. The lowest BCUT2D eigenvalue weighted by Crippen LogP contribution is -2.06. The van der Waals surface area contributed by atoms with Crippen molar-refractivity contribution in [3.8, 4) is 11.8 Å². The number of anilines is 1. The van der Waals surface area contributed by atoms with Gasteiger partial charge in [0.15, 0.2) is 5.78 Å². The number of carbonyl (C=O) groups is 1. The predicted octanol–water partition coefficient (Wildman–Crippen LogP) is 1.57. The molecule has 0 saturated carbocycles. The van der Waals surface area contributed by atoms with Gasteiger partial charge in [-0.2, -0.15) is 5.26 Å². The van der Waals surface area contributed by atoms with E-state index in [4.69, 9.17) is 27.3 Å². The minimum absolute atomic E-state index is 0.154. The van der Waals surface area contributed by atoms with Crippen LogP contribution >= 0.6 is 11.6 Å². The summed E-state index contributed by atoms with van der Waals surface area (Å²) in [5.41, 5.74) is 6.42. The highest BCUT2D eigenvalue weighted by atomic mass is 35.5. The molecule has 1 aromatic rings. The summed E-state index contributed by atoms with van der Waals surface area (Å²) in [6.07, 6.45) is 0. The standard InChI is InChI=1S/C10H9ClN2O2/c1-15-10-3-7(9(14)4-11)8(13)2-6(10)5-12/h2-3H,4,13H2,1H3. The topological polar surface area (TPSA) is 76.1 Å². The highest BCUT2D eigenvalue weighted by molar-refractivity contribution is 6.31. The van der Waals surface area contributed by atoms with E-state index in [-0.39, 0.29) is 22.9 Å². The smallest absolute Gasteiger partial charge is 0.179 e. The van der Waals surface area contributed by atoms with Crippen molar-refractivity contribution in [3.05, 3.63) is 23.3 Å². The van der Waals surface area contributed by atoms with Gasteiger partial charge in [-0.05, 0) is 12.1 Å². The second kappa shape index (κ2) is 4.67. The van der Waals surface area contributed by atoms with Crippen LogP contribution < -0.4 is 10.5 Å². The molecule has 5 heteroatoms. The van der Waals surface area contributed by atoms with Gasteiger partial charge < -0.3 is 10.5 Å². The van der Waals surface area contributed by atoms with Crippen molar-refractivity contribution in [2.75, 3.05) is 18.7 Å². The molecule has 0 aliphatic heterocycles. The van der Waals surface area contributed by atoms with Gasteiger partial charge >= 0.3 is 0 Å². The van der Waals surface area contributed by atoms with E-state index in [0.29, 0.717) is 11.3 Å². The third-order valence-electron chi connectivity index (χ3n) is 1.91. The number of carbonyl (C=O) groups excluding carboxylic acids is 1. The van der Waals surface area contributed by atoms with Crippen LogP contribution in [0, 0.1) is 11.3 Å². The molecule has 0 unspecified atom stereocenters. The molecule has 15 heavy (non-hydrogen) atoms. The van der Waals surface area contributed by atoms with E-state index in [1.54, 1.807) is 0 Å². The van der Waals surface area contributed by atoms with Gasteiger partial charge in [-0.25, -0.2) is 0 Å². The number of ether oxygens (including phenoxy) is 1. The number of nitrogen functional groups attached to an aromatic ring is 1. The number of hydrogen-bond donors (Lipinski definition) is 1. The van der Waals surface area contributed by atoms with Gasteiger partial charge in [0, 0.05) is 11.3 Å². The second-order valence-corrected chi connectivity index (χ2v) is 3.08. The summed E-state index contributed by atoms with van der Waals surface area (Å²) in [5.74, 6) is -0.128. The van der Waals surface area contributed by atoms with E-state index in [0.717, 1.165) is 0 Å². The van der Waals surface area contributed by atoms with Crippen molar-refractivity contribution < 1.29 is 9.53 Å². The number of ketones is 1. The summed E-state index contributed by atoms with van der Waals surface area (Å²) < 4.78 is 4.95. The third kappa shape index (κ3) is 2.20. The molecular formula is C10H9ClN2O2. The van der Waals surface area contributed by atoms with Crippen LogP contribution in [0.15, 0.2) is 12.1 Å². The first-order valence-electron chi connectivity index (χ1n) is 4.10. The maximum absolute atomic E-state index is 11.4. The number of halogens is 1. The lowest BCUT2D eigenvalue weighted by atomic mass is 10.1. The first-order chi connectivity index (χ1) is 7.13. The monoisotopic (exact) mass is 224 g/mol. The van der Waals surface area contributed by atoms with Gasteiger partial charge in [0.1, 0.15) is 11.8 Å². The van der Waals surface area contributed by atoms with Crippen molar-refractivity contribution >= 4 is 23.1 Å². The molecule has 78 valence electrons. The Morgan fingerprint density at radius 3 is 2.80 bits per heavy atom. The Labute approximate surface area is 92.2 Å². The Morgan fingerprint density at radius 2 is 2.33 bits per heavy atom. The van der Waals surface area contributed by atoms with Crippen molar-refractivity contribution in [1.82, 2.24) is 0 Å². The van der Waals surface area contributed by atoms with Crippen molar-refractivity contribution in [2.45, 2.75) is 0 Å². The molecule has 0 radical (unpaired) electrons. The molecule has 0 aliphatic carbocycles. The Morgan fingerprint density at radius 1 is 1.67 bits per heavy atom. The van der Waals surface area contributed by atoms with Gasteiger partial charge in [-0.3, -0.25) is 4.79 Å². The second-order valence-electron chi connectivity index (χ2n) is 2.81. The first-order valence-corrected chi connectivity index (χ1v) is 4.64. The number of benzene rings is 1. The van der Waals surface area contributed by atoms with Crippen molar-refractivity contribution in [1.29, 1.82) is 5.26 Å². The van der Waals surface area contributed by atoms with E-state index in [1.165, 1.54) is 19.2 Å². The van der Waals surface area contributed by atoms with Crippen LogP contribution in [0.3, 0.4) is 0 Å². The Bertz CT molecular complexity index is 438. The maximum Gasteiger partial charge on any atom is 0.179 e. The molecule has 0 atom stereocenters. The number of Topliss-reactive ketones (excluding diaryl/α,β-unsaturated/α-hetero) is 1. The van der Waals surface area contributed by atoms with E-state index >= 15 is 0 Å². The fourth-order valence-corrected chi connectivity index (χ4v) is 1.31. The van der Waals surface area contributed by atoms with Gasteiger partial charge in [0.25, 0.3) is 0 Å². The number of nitrogens with zero attached hydrogens (tertiary/aromatic N) is 1. The average molecular weight is 225 g/mol. The van der Waals surface area contributed by atoms with Crippen LogP contribution in [0.4, 0.5) is 5.69 Å². The zero-order chi connectivity index (χ0) is 11.4. The fourth-order valence-electron chi connectivity index (χ4n) is 1.17. The molecule has 0 heterocycles. The summed E-state index contributed by atoms with van der Waals surface area (Å²) in [6.45, 7) is 0. The van der Waals surface area contributed by atoms with E-state index in [2.05, 4.69) is 0 Å².